The van der Waals surface area contributed by atoms with Gasteiger partial charge in [0, 0.05) is 17.0 Å². The first-order valence-electron chi connectivity index (χ1n) is 10.2. The Labute approximate surface area is 183 Å². The molecule has 0 aromatic heterocycles. The zero-order valence-electron chi connectivity index (χ0n) is 17.6. The predicted molar refractivity (Wildman–Crippen MR) is 106 cm³/mol. The second-order valence-electron chi connectivity index (χ2n) is 8.11. The third-order valence-corrected chi connectivity index (χ3v) is 6.86. The molecule has 32 heavy (non-hydrogen) atoms. The van der Waals surface area contributed by atoms with Crippen molar-refractivity contribution in [2.24, 2.45) is 11.8 Å². The lowest BCUT2D eigenvalue weighted by atomic mass is 9.58. The first kappa shape index (κ1) is 19.1. The number of carbonyl (C=O) groups excluding carboxylic acids is 2. The lowest BCUT2D eigenvalue weighted by Gasteiger charge is -2.51. The molecule has 0 amide bonds. The molecule has 166 valence electrons. The van der Waals surface area contributed by atoms with Crippen LogP contribution >= 0.6 is 0 Å². The fourth-order valence-corrected chi connectivity index (χ4v) is 5.56. The lowest BCUT2D eigenvalue weighted by Crippen LogP contribution is -2.57. The summed E-state index contributed by atoms with van der Waals surface area (Å²) in [5, 5.41) is 0. The molecule has 1 aliphatic carbocycles. The fraction of sp³-hybridized carbons (Fsp3) is 0.391. The Morgan fingerprint density at radius 1 is 0.875 bits per heavy atom. The van der Waals surface area contributed by atoms with E-state index in [2.05, 4.69) is 0 Å². The third kappa shape index (κ3) is 2.18. The van der Waals surface area contributed by atoms with Gasteiger partial charge in [-0.3, -0.25) is 9.59 Å². The molecule has 9 nitrogen and oxygen atoms in total. The summed E-state index contributed by atoms with van der Waals surface area (Å²) in [7, 11) is 4.51. The van der Waals surface area contributed by atoms with Crippen molar-refractivity contribution in [3.8, 4) is 28.7 Å². The lowest BCUT2D eigenvalue weighted by molar-refractivity contribution is -0.186. The summed E-state index contributed by atoms with van der Waals surface area (Å²) in [6.07, 6.45) is 0. The molecular weight excluding hydrogens is 420 g/mol. The number of carbonyl (C=O) groups is 2. The van der Waals surface area contributed by atoms with Gasteiger partial charge in [0.25, 0.3) is 0 Å². The predicted octanol–water partition coefficient (Wildman–Crippen LogP) is 2.13. The van der Waals surface area contributed by atoms with Gasteiger partial charge in [0.05, 0.1) is 33.9 Å². The Morgan fingerprint density at radius 3 is 2.22 bits per heavy atom. The third-order valence-electron chi connectivity index (χ3n) is 6.86. The molecule has 0 N–H and O–H groups in total. The van der Waals surface area contributed by atoms with E-state index < -0.39 is 29.4 Å². The van der Waals surface area contributed by atoms with E-state index in [1.54, 1.807) is 18.2 Å². The van der Waals surface area contributed by atoms with Crippen LogP contribution in [0.25, 0.3) is 0 Å². The van der Waals surface area contributed by atoms with Crippen molar-refractivity contribution in [3.63, 3.8) is 0 Å². The molecule has 0 unspecified atom stereocenters. The van der Waals surface area contributed by atoms with Gasteiger partial charge >= 0.3 is 11.9 Å². The van der Waals surface area contributed by atoms with Crippen LogP contribution in [0, 0.1) is 11.8 Å². The van der Waals surface area contributed by atoms with Crippen LogP contribution in [-0.4, -0.2) is 46.7 Å². The maximum absolute atomic E-state index is 13.2. The van der Waals surface area contributed by atoms with Gasteiger partial charge in [0.15, 0.2) is 28.6 Å². The van der Waals surface area contributed by atoms with Crippen LogP contribution in [0.3, 0.4) is 0 Å². The molecule has 2 saturated heterocycles. The summed E-state index contributed by atoms with van der Waals surface area (Å²) in [5.41, 5.74) is 0.500. The summed E-state index contributed by atoms with van der Waals surface area (Å²) < 4.78 is 39.2. The molecule has 4 heterocycles. The molecular formula is C23H20O9. The summed E-state index contributed by atoms with van der Waals surface area (Å²) in [4.78, 5) is 26.2. The number of fused-ring (bicyclic) bond motifs is 2. The highest BCUT2D eigenvalue weighted by atomic mass is 16.7. The standard InChI is InChI=1S/C23H20O9/c1-26-16-4-10(5-17(27-2)20(16)28-3)23-13-7-15-14(30-9-31-15)6-11(13)18(21(24)32-23)12-8-29-22(25)19(12)23/h4-7,12,18-19H,8-9H2,1-3H3/t12-,18-,19+,23-/m1/s1. The second-order valence-corrected chi connectivity index (χ2v) is 8.11. The van der Waals surface area contributed by atoms with E-state index >= 15 is 0 Å². The maximum atomic E-state index is 13.2. The van der Waals surface area contributed by atoms with E-state index in [1.807, 2.05) is 6.07 Å². The summed E-state index contributed by atoms with van der Waals surface area (Å²) in [5.74, 6) is -0.295. The molecule has 4 atom stereocenters. The quantitative estimate of drug-likeness (QED) is 0.662. The Bertz CT molecular complexity index is 1150. The molecule has 0 saturated carbocycles. The van der Waals surface area contributed by atoms with Crippen molar-refractivity contribution in [1.29, 1.82) is 0 Å². The van der Waals surface area contributed by atoms with Crippen molar-refractivity contribution in [2.45, 2.75) is 11.5 Å². The number of rotatable bonds is 4. The van der Waals surface area contributed by atoms with Gasteiger partial charge in [-0.1, -0.05) is 0 Å². The van der Waals surface area contributed by atoms with E-state index in [4.69, 9.17) is 33.2 Å². The zero-order valence-corrected chi connectivity index (χ0v) is 17.6. The van der Waals surface area contributed by atoms with Crippen molar-refractivity contribution in [2.75, 3.05) is 34.7 Å². The van der Waals surface area contributed by atoms with Crippen LogP contribution in [0.1, 0.15) is 22.6 Å². The first-order valence-corrected chi connectivity index (χ1v) is 10.2. The van der Waals surface area contributed by atoms with Gasteiger partial charge in [0.2, 0.25) is 12.5 Å². The number of hydrogen-bond acceptors (Lipinski definition) is 9. The topological polar surface area (TPSA) is 98.8 Å². The normalized spacial score (nSPS) is 28.5. The van der Waals surface area contributed by atoms with Gasteiger partial charge in [-0.2, -0.15) is 0 Å². The van der Waals surface area contributed by atoms with Crippen molar-refractivity contribution < 1.29 is 42.7 Å². The Morgan fingerprint density at radius 2 is 1.56 bits per heavy atom. The van der Waals surface area contributed by atoms with Gasteiger partial charge in [-0.15, -0.1) is 0 Å². The fourth-order valence-electron chi connectivity index (χ4n) is 5.56. The molecule has 0 spiro atoms. The molecule has 2 aromatic carbocycles. The minimum atomic E-state index is -1.44. The number of cyclic esters (lactones) is 1. The number of hydrogen-bond donors (Lipinski definition) is 0. The molecule has 5 aliphatic rings. The van der Waals surface area contributed by atoms with E-state index in [9.17, 15) is 9.59 Å². The molecule has 0 radical (unpaired) electrons. The van der Waals surface area contributed by atoms with E-state index in [-0.39, 0.29) is 19.3 Å². The smallest absolute Gasteiger partial charge is 0.315 e. The zero-order chi connectivity index (χ0) is 22.2. The number of methoxy groups -OCH3 is 3. The Kier molecular flexibility index (Phi) is 3.84. The Hall–Kier alpha value is -3.62. The van der Waals surface area contributed by atoms with E-state index in [0.717, 1.165) is 5.56 Å². The molecule has 2 fully saturated rings. The van der Waals surface area contributed by atoms with Gasteiger partial charge < -0.3 is 33.2 Å². The van der Waals surface area contributed by atoms with Crippen LogP contribution < -0.4 is 23.7 Å². The number of benzene rings is 2. The van der Waals surface area contributed by atoms with Crippen LogP contribution in [0.5, 0.6) is 28.7 Å². The number of ether oxygens (including phenoxy) is 7. The van der Waals surface area contributed by atoms with Crippen LogP contribution in [-0.2, 0) is 24.7 Å². The van der Waals surface area contributed by atoms with Gasteiger partial charge in [-0.25, -0.2) is 0 Å². The summed E-state index contributed by atoms with van der Waals surface area (Å²) >= 11 is 0. The monoisotopic (exact) mass is 440 g/mol. The van der Waals surface area contributed by atoms with Crippen molar-refractivity contribution in [3.05, 3.63) is 41.0 Å². The number of esters is 2. The molecule has 7 rings (SSSR count). The van der Waals surface area contributed by atoms with E-state index in [1.165, 1.54) is 21.3 Å². The molecule has 4 aliphatic heterocycles. The van der Waals surface area contributed by atoms with E-state index in [0.29, 0.717) is 39.9 Å². The van der Waals surface area contributed by atoms with Crippen LogP contribution in [0.2, 0.25) is 0 Å². The Balaban J connectivity index is 1.69. The molecule has 2 bridgehead atoms. The summed E-state index contributed by atoms with van der Waals surface area (Å²) in [6.45, 7) is 0.229. The highest BCUT2D eigenvalue weighted by Gasteiger charge is 2.68. The highest BCUT2D eigenvalue weighted by molar-refractivity contribution is 5.91. The maximum Gasteiger partial charge on any atom is 0.315 e. The average molecular weight is 440 g/mol. The van der Waals surface area contributed by atoms with Crippen LogP contribution in [0.15, 0.2) is 24.3 Å². The average Bonchev–Trinajstić information content (AvgIpc) is 3.43. The first-order chi connectivity index (χ1) is 15.5. The largest absolute Gasteiger partial charge is 0.493 e. The minimum absolute atomic E-state index is 0.0871. The second kappa shape index (κ2) is 6.44. The molecule has 9 heteroatoms. The van der Waals surface area contributed by atoms with Crippen LogP contribution in [0.4, 0.5) is 0 Å². The van der Waals surface area contributed by atoms with Crippen molar-refractivity contribution >= 4 is 11.9 Å². The van der Waals surface area contributed by atoms with Gasteiger partial charge in [0.1, 0.15) is 5.92 Å². The SMILES string of the molecule is COc1cc([C@@]23OC(=O)[C@H](c4cc5c(cc42)OCO5)[C@H]2COC(=O)[C@H]23)cc(OC)c1OC. The minimum Gasteiger partial charge on any atom is -0.493 e. The highest BCUT2D eigenvalue weighted by Crippen LogP contribution is 2.63. The molecule has 2 aromatic rings. The summed E-state index contributed by atoms with van der Waals surface area (Å²) in [6, 6.07) is 7.02. The van der Waals surface area contributed by atoms with Crippen molar-refractivity contribution in [1.82, 2.24) is 0 Å². The van der Waals surface area contributed by atoms with Gasteiger partial charge in [-0.05, 0) is 29.8 Å².